The smallest absolute Gasteiger partial charge is 0.242 e. The summed E-state index contributed by atoms with van der Waals surface area (Å²) in [5.74, 6) is 0. The zero-order chi connectivity index (χ0) is 15.2. The van der Waals surface area contributed by atoms with Gasteiger partial charge < -0.3 is 10.5 Å². The van der Waals surface area contributed by atoms with Crippen molar-refractivity contribution >= 4 is 31.6 Å². The number of halogens is 1. The molecule has 5 nitrogen and oxygen atoms in total. The Balaban J connectivity index is 2.48. The number of nitrogens with two attached hydrogens (primary N) is 1. The largest absolute Gasteiger partial charge is 0.398 e. The zero-order valence-corrected chi connectivity index (χ0v) is 14.1. The first-order valence-electron chi connectivity index (χ1n) is 6.49. The molecule has 0 saturated heterocycles. The van der Waals surface area contributed by atoms with Gasteiger partial charge in [-0.15, -0.1) is 0 Å². The van der Waals surface area contributed by atoms with Crippen molar-refractivity contribution in [2.45, 2.75) is 37.7 Å². The van der Waals surface area contributed by atoms with Gasteiger partial charge in [0.2, 0.25) is 10.0 Å². The minimum atomic E-state index is -3.56. The highest BCUT2D eigenvalue weighted by Crippen LogP contribution is 2.22. The summed E-state index contributed by atoms with van der Waals surface area (Å²) in [6.07, 6.45) is 1.74. The maximum atomic E-state index is 12.1. The molecule has 1 aromatic rings. The van der Waals surface area contributed by atoms with Crippen molar-refractivity contribution in [3.63, 3.8) is 0 Å². The van der Waals surface area contributed by atoms with E-state index in [1.54, 1.807) is 12.1 Å². The molecule has 0 aromatic heterocycles. The van der Waals surface area contributed by atoms with E-state index >= 15 is 0 Å². The first-order chi connectivity index (χ1) is 9.33. The highest BCUT2D eigenvalue weighted by molar-refractivity contribution is 9.10. The molecule has 0 heterocycles. The summed E-state index contributed by atoms with van der Waals surface area (Å²) in [7, 11) is -3.56. The average Bonchev–Trinajstić information content (AvgIpc) is 2.36. The zero-order valence-electron chi connectivity index (χ0n) is 11.7. The Kier molecular flexibility index (Phi) is 6.94. The predicted molar refractivity (Wildman–Crippen MR) is 84.1 cm³/mol. The van der Waals surface area contributed by atoms with Crippen LogP contribution in [0, 0.1) is 0 Å². The highest BCUT2D eigenvalue weighted by Gasteiger charge is 2.16. The Bertz CT molecular complexity index is 532. The van der Waals surface area contributed by atoms with Crippen molar-refractivity contribution in [3.8, 4) is 0 Å². The Hall–Kier alpha value is -0.630. The van der Waals surface area contributed by atoms with Gasteiger partial charge in [0.1, 0.15) is 4.90 Å². The molecule has 0 aliphatic heterocycles. The van der Waals surface area contributed by atoms with Crippen LogP contribution in [0.3, 0.4) is 0 Å². The maximum absolute atomic E-state index is 12.1. The Morgan fingerprint density at radius 2 is 2.05 bits per heavy atom. The van der Waals surface area contributed by atoms with E-state index in [1.807, 2.05) is 13.8 Å². The van der Waals surface area contributed by atoms with Crippen LogP contribution in [0.1, 0.15) is 26.7 Å². The molecule has 1 aromatic carbocycles. The molecule has 7 heteroatoms. The van der Waals surface area contributed by atoms with Crippen LogP contribution in [0.4, 0.5) is 5.69 Å². The van der Waals surface area contributed by atoms with E-state index in [0.717, 1.165) is 12.8 Å². The molecule has 0 unspecified atom stereocenters. The number of nitrogens with one attached hydrogen (secondary N) is 1. The number of nitrogen functional groups attached to an aromatic ring is 1. The topological polar surface area (TPSA) is 81.4 Å². The van der Waals surface area contributed by atoms with Crippen LogP contribution in [0.2, 0.25) is 0 Å². The van der Waals surface area contributed by atoms with Gasteiger partial charge in [-0.05, 0) is 44.9 Å². The highest BCUT2D eigenvalue weighted by atomic mass is 79.9. The van der Waals surface area contributed by atoms with Crippen LogP contribution in [-0.4, -0.2) is 27.7 Å². The normalized spacial score (nSPS) is 12.0. The molecule has 0 bridgehead atoms. The number of anilines is 1. The molecular weight excluding hydrogens is 344 g/mol. The van der Waals surface area contributed by atoms with E-state index in [1.165, 1.54) is 6.07 Å². The molecule has 114 valence electrons. The van der Waals surface area contributed by atoms with Crippen molar-refractivity contribution in [3.05, 3.63) is 22.7 Å². The van der Waals surface area contributed by atoms with E-state index in [0.29, 0.717) is 17.6 Å². The van der Waals surface area contributed by atoms with Crippen LogP contribution < -0.4 is 10.5 Å². The summed E-state index contributed by atoms with van der Waals surface area (Å²) in [6, 6.07) is 4.77. The SMILES string of the molecule is CC(C)OCCCCNS(=O)(=O)c1cc(Br)ccc1N. The van der Waals surface area contributed by atoms with Crippen molar-refractivity contribution in [2.75, 3.05) is 18.9 Å². The standard InChI is InChI=1S/C13H21BrN2O3S/c1-10(2)19-8-4-3-7-16-20(17,18)13-9-11(14)5-6-12(13)15/h5-6,9-10,16H,3-4,7-8,15H2,1-2H3. The fourth-order valence-electron chi connectivity index (χ4n) is 1.57. The van der Waals surface area contributed by atoms with Crippen molar-refractivity contribution < 1.29 is 13.2 Å². The van der Waals surface area contributed by atoms with E-state index in [2.05, 4.69) is 20.7 Å². The lowest BCUT2D eigenvalue weighted by atomic mass is 10.3. The maximum Gasteiger partial charge on any atom is 0.242 e. The summed E-state index contributed by atoms with van der Waals surface area (Å²) in [5, 5.41) is 0. The number of hydrogen-bond donors (Lipinski definition) is 2. The molecule has 3 N–H and O–H groups in total. The van der Waals surface area contributed by atoms with Crippen LogP contribution >= 0.6 is 15.9 Å². The average molecular weight is 365 g/mol. The van der Waals surface area contributed by atoms with Crippen LogP contribution in [0.15, 0.2) is 27.6 Å². The minimum absolute atomic E-state index is 0.102. The second-order valence-electron chi connectivity index (χ2n) is 4.71. The van der Waals surface area contributed by atoms with Crippen LogP contribution in [-0.2, 0) is 14.8 Å². The molecule has 0 aliphatic carbocycles. The third kappa shape index (κ3) is 5.78. The summed E-state index contributed by atoms with van der Waals surface area (Å²) in [6.45, 7) is 4.95. The van der Waals surface area contributed by atoms with Gasteiger partial charge in [0, 0.05) is 17.6 Å². The molecule has 20 heavy (non-hydrogen) atoms. The number of hydrogen-bond acceptors (Lipinski definition) is 4. The Morgan fingerprint density at radius 3 is 2.70 bits per heavy atom. The second-order valence-corrected chi connectivity index (χ2v) is 7.36. The van der Waals surface area contributed by atoms with E-state index in [9.17, 15) is 8.42 Å². The lowest BCUT2D eigenvalue weighted by molar-refractivity contribution is 0.0762. The molecule has 0 fully saturated rings. The molecule has 0 saturated carbocycles. The predicted octanol–water partition coefficient (Wildman–Crippen LogP) is 2.51. The number of benzene rings is 1. The van der Waals surface area contributed by atoms with E-state index in [-0.39, 0.29) is 16.7 Å². The van der Waals surface area contributed by atoms with Gasteiger partial charge in [-0.25, -0.2) is 13.1 Å². The summed E-state index contributed by atoms with van der Waals surface area (Å²) >= 11 is 3.24. The van der Waals surface area contributed by atoms with Gasteiger partial charge in [0.05, 0.1) is 11.8 Å². The van der Waals surface area contributed by atoms with Gasteiger partial charge in [-0.2, -0.15) is 0 Å². The lowest BCUT2D eigenvalue weighted by Crippen LogP contribution is -2.26. The monoisotopic (exact) mass is 364 g/mol. The fourth-order valence-corrected chi connectivity index (χ4v) is 3.31. The third-order valence-corrected chi connectivity index (χ3v) is 4.59. The molecule has 0 atom stereocenters. The first kappa shape index (κ1) is 17.4. The van der Waals surface area contributed by atoms with Gasteiger partial charge >= 0.3 is 0 Å². The van der Waals surface area contributed by atoms with Gasteiger partial charge in [-0.3, -0.25) is 0 Å². The third-order valence-electron chi connectivity index (χ3n) is 2.58. The van der Waals surface area contributed by atoms with Crippen LogP contribution in [0.5, 0.6) is 0 Å². The molecular formula is C13H21BrN2O3S. The number of ether oxygens (including phenoxy) is 1. The van der Waals surface area contributed by atoms with Gasteiger partial charge in [-0.1, -0.05) is 15.9 Å². The van der Waals surface area contributed by atoms with Gasteiger partial charge in [0.15, 0.2) is 0 Å². The summed E-state index contributed by atoms with van der Waals surface area (Å²) in [4.78, 5) is 0.102. The summed E-state index contributed by atoms with van der Waals surface area (Å²) < 4.78 is 32.8. The minimum Gasteiger partial charge on any atom is -0.398 e. The molecule has 0 spiro atoms. The molecule has 0 aliphatic rings. The number of sulfonamides is 1. The van der Waals surface area contributed by atoms with Crippen molar-refractivity contribution in [1.82, 2.24) is 4.72 Å². The first-order valence-corrected chi connectivity index (χ1v) is 8.77. The number of rotatable bonds is 8. The second kappa shape index (κ2) is 7.97. The van der Waals surface area contributed by atoms with E-state index in [4.69, 9.17) is 10.5 Å². The van der Waals surface area contributed by atoms with Crippen molar-refractivity contribution in [1.29, 1.82) is 0 Å². The Labute approximate surface area is 129 Å². The molecule has 0 radical (unpaired) electrons. The number of unbranched alkanes of at least 4 members (excludes halogenated alkanes) is 1. The summed E-state index contributed by atoms with van der Waals surface area (Å²) in [5.41, 5.74) is 5.94. The fraction of sp³-hybridized carbons (Fsp3) is 0.538. The molecule has 0 amide bonds. The van der Waals surface area contributed by atoms with Gasteiger partial charge in [0.25, 0.3) is 0 Å². The lowest BCUT2D eigenvalue weighted by Gasteiger charge is -2.10. The van der Waals surface area contributed by atoms with Crippen molar-refractivity contribution in [2.24, 2.45) is 0 Å². The quantitative estimate of drug-likeness (QED) is 0.548. The Morgan fingerprint density at radius 1 is 1.35 bits per heavy atom. The molecule has 1 rings (SSSR count). The van der Waals surface area contributed by atoms with Crippen LogP contribution in [0.25, 0.3) is 0 Å². The van der Waals surface area contributed by atoms with E-state index < -0.39 is 10.0 Å².